The van der Waals surface area contributed by atoms with E-state index in [1.54, 1.807) is 12.1 Å². The summed E-state index contributed by atoms with van der Waals surface area (Å²) in [6.45, 7) is 1.82. The number of nitriles is 1. The molecule has 0 radical (unpaired) electrons. The Labute approximate surface area is 105 Å². The Kier molecular flexibility index (Phi) is 4.80. The van der Waals surface area contributed by atoms with Crippen LogP contribution in [0.2, 0.25) is 5.02 Å². The highest BCUT2D eigenvalue weighted by atomic mass is 35.5. The lowest BCUT2D eigenvalue weighted by Gasteiger charge is -2.12. The van der Waals surface area contributed by atoms with Crippen LogP contribution >= 0.6 is 11.6 Å². The summed E-state index contributed by atoms with van der Waals surface area (Å²) in [5.41, 5.74) is 0.328. The van der Waals surface area contributed by atoms with Crippen LogP contribution in [0, 0.1) is 11.3 Å². The lowest BCUT2D eigenvalue weighted by atomic mass is 10.1. The predicted octanol–water partition coefficient (Wildman–Crippen LogP) is 2.38. The first-order valence-corrected chi connectivity index (χ1v) is 5.54. The zero-order chi connectivity index (χ0) is 12.8. The van der Waals surface area contributed by atoms with Gasteiger partial charge in [0.1, 0.15) is 11.8 Å². The van der Waals surface area contributed by atoms with Crippen LogP contribution in [0.15, 0.2) is 18.2 Å². The SMILES string of the molecule is CCC(C#N)NC(=O)c1cc(Cl)ccc1OC. The number of ether oxygens (including phenoxy) is 1. The lowest BCUT2D eigenvalue weighted by molar-refractivity contribution is 0.0941. The van der Waals surface area contributed by atoms with E-state index in [1.165, 1.54) is 13.2 Å². The quantitative estimate of drug-likeness (QED) is 0.895. The summed E-state index contributed by atoms with van der Waals surface area (Å²) >= 11 is 5.82. The Morgan fingerprint density at radius 3 is 2.88 bits per heavy atom. The van der Waals surface area contributed by atoms with E-state index in [0.717, 1.165) is 0 Å². The van der Waals surface area contributed by atoms with Gasteiger partial charge in [-0.3, -0.25) is 4.79 Å². The van der Waals surface area contributed by atoms with Crippen LogP contribution in [0.5, 0.6) is 5.75 Å². The predicted molar refractivity (Wildman–Crippen MR) is 65.2 cm³/mol. The maximum atomic E-state index is 11.9. The molecule has 0 fully saturated rings. The molecule has 90 valence electrons. The third-order valence-electron chi connectivity index (χ3n) is 2.28. The van der Waals surface area contributed by atoms with Gasteiger partial charge in [0.2, 0.25) is 0 Å². The number of nitrogens with zero attached hydrogens (tertiary/aromatic N) is 1. The van der Waals surface area contributed by atoms with Crippen molar-refractivity contribution in [3.05, 3.63) is 28.8 Å². The molecule has 0 aliphatic carbocycles. The van der Waals surface area contributed by atoms with Gasteiger partial charge in [0.05, 0.1) is 18.7 Å². The molecule has 1 N–H and O–H groups in total. The number of methoxy groups -OCH3 is 1. The number of amides is 1. The summed E-state index contributed by atoms with van der Waals surface area (Å²) in [4.78, 5) is 11.9. The van der Waals surface area contributed by atoms with Crippen molar-refractivity contribution in [1.29, 1.82) is 5.26 Å². The normalized spacial score (nSPS) is 11.4. The summed E-state index contributed by atoms with van der Waals surface area (Å²) < 4.78 is 5.07. The molecule has 0 aliphatic rings. The van der Waals surface area contributed by atoms with Gasteiger partial charge in [-0.05, 0) is 24.6 Å². The van der Waals surface area contributed by atoms with Gasteiger partial charge in [-0.15, -0.1) is 0 Å². The van der Waals surface area contributed by atoms with Gasteiger partial charge in [0, 0.05) is 5.02 Å². The Morgan fingerprint density at radius 1 is 1.65 bits per heavy atom. The molecular formula is C12H13ClN2O2. The molecule has 17 heavy (non-hydrogen) atoms. The maximum absolute atomic E-state index is 11.9. The summed E-state index contributed by atoms with van der Waals surface area (Å²) in [5.74, 6) is 0.0671. The van der Waals surface area contributed by atoms with Gasteiger partial charge >= 0.3 is 0 Å². The number of carbonyl (C=O) groups excluding carboxylic acids is 1. The Hall–Kier alpha value is -1.73. The van der Waals surface area contributed by atoms with Crippen molar-refractivity contribution in [2.45, 2.75) is 19.4 Å². The van der Waals surface area contributed by atoms with Gasteiger partial charge in [0.25, 0.3) is 5.91 Å². The smallest absolute Gasteiger partial charge is 0.256 e. The van der Waals surface area contributed by atoms with Crippen molar-refractivity contribution in [1.82, 2.24) is 5.32 Å². The molecule has 0 bridgehead atoms. The van der Waals surface area contributed by atoms with Gasteiger partial charge in [-0.25, -0.2) is 0 Å². The molecule has 0 spiro atoms. The van der Waals surface area contributed by atoms with Crippen molar-refractivity contribution in [2.24, 2.45) is 0 Å². The van der Waals surface area contributed by atoms with E-state index < -0.39 is 6.04 Å². The molecule has 1 aromatic rings. The van der Waals surface area contributed by atoms with Crippen LogP contribution in [-0.2, 0) is 0 Å². The number of benzene rings is 1. The van der Waals surface area contributed by atoms with Gasteiger partial charge in [0.15, 0.2) is 0 Å². The van der Waals surface area contributed by atoms with E-state index >= 15 is 0 Å². The largest absolute Gasteiger partial charge is 0.496 e. The molecule has 1 rings (SSSR count). The number of rotatable bonds is 4. The molecule has 1 atom stereocenters. The van der Waals surface area contributed by atoms with Gasteiger partial charge < -0.3 is 10.1 Å². The average Bonchev–Trinajstić information content (AvgIpc) is 2.35. The zero-order valence-electron chi connectivity index (χ0n) is 9.66. The summed E-state index contributed by atoms with van der Waals surface area (Å²) in [5, 5.41) is 11.8. The minimum Gasteiger partial charge on any atom is -0.496 e. The third kappa shape index (κ3) is 3.36. The summed E-state index contributed by atoms with van der Waals surface area (Å²) in [6.07, 6.45) is 0.547. The molecule has 1 amide bonds. The van der Waals surface area contributed by atoms with E-state index in [2.05, 4.69) is 5.32 Å². The standard InChI is InChI=1S/C12H13ClN2O2/c1-3-9(7-14)15-12(16)10-6-8(13)4-5-11(10)17-2/h4-6,9H,3H2,1-2H3,(H,15,16). The molecule has 1 aromatic carbocycles. The maximum Gasteiger partial charge on any atom is 0.256 e. The number of hydrogen-bond acceptors (Lipinski definition) is 3. The van der Waals surface area contributed by atoms with E-state index in [1.807, 2.05) is 13.0 Å². The summed E-state index contributed by atoms with van der Waals surface area (Å²) in [6, 6.07) is 6.26. The average molecular weight is 253 g/mol. The van der Waals surface area contributed by atoms with Crippen LogP contribution in [0.3, 0.4) is 0 Å². The van der Waals surface area contributed by atoms with Crippen LogP contribution in [0.25, 0.3) is 0 Å². The molecule has 5 heteroatoms. The molecule has 0 saturated heterocycles. The van der Waals surface area contributed by atoms with Crippen LogP contribution in [0.1, 0.15) is 23.7 Å². The first-order valence-electron chi connectivity index (χ1n) is 5.16. The van der Waals surface area contributed by atoms with Crippen LogP contribution in [0.4, 0.5) is 0 Å². The van der Waals surface area contributed by atoms with Crippen molar-refractivity contribution < 1.29 is 9.53 Å². The fourth-order valence-electron chi connectivity index (χ4n) is 1.32. The monoisotopic (exact) mass is 252 g/mol. The topological polar surface area (TPSA) is 62.1 Å². The lowest BCUT2D eigenvalue weighted by Crippen LogP contribution is -2.33. The van der Waals surface area contributed by atoms with Crippen molar-refractivity contribution in [3.8, 4) is 11.8 Å². The highest BCUT2D eigenvalue weighted by molar-refractivity contribution is 6.31. The van der Waals surface area contributed by atoms with Crippen LogP contribution < -0.4 is 10.1 Å². The third-order valence-corrected chi connectivity index (χ3v) is 2.51. The van der Waals surface area contributed by atoms with Crippen LogP contribution in [-0.4, -0.2) is 19.1 Å². The minimum absolute atomic E-state index is 0.328. The highest BCUT2D eigenvalue weighted by Gasteiger charge is 2.15. The molecule has 0 heterocycles. The number of carbonyl (C=O) groups is 1. The molecular weight excluding hydrogens is 240 g/mol. The van der Waals surface area contributed by atoms with Crippen molar-refractivity contribution >= 4 is 17.5 Å². The second-order valence-corrected chi connectivity index (χ2v) is 3.84. The number of halogens is 1. The van der Waals surface area contributed by atoms with Gasteiger partial charge in [-0.1, -0.05) is 18.5 Å². The van der Waals surface area contributed by atoms with E-state index in [-0.39, 0.29) is 5.91 Å². The van der Waals surface area contributed by atoms with Crippen molar-refractivity contribution in [2.75, 3.05) is 7.11 Å². The first kappa shape index (κ1) is 13.3. The summed E-state index contributed by atoms with van der Waals surface area (Å²) in [7, 11) is 1.47. The Morgan fingerprint density at radius 2 is 2.35 bits per heavy atom. The number of hydrogen-bond donors (Lipinski definition) is 1. The van der Waals surface area contributed by atoms with E-state index in [9.17, 15) is 4.79 Å². The second-order valence-electron chi connectivity index (χ2n) is 3.41. The van der Waals surface area contributed by atoms with E-state index in [4.69, 9.17) is 21.6 Å². The Balaban J connectivity index is 2.95. The highest BCUT2D eigenvalue weighted by Crippen LogP contribution is 2.22. The first-order chi connectivity index (χ1) is 8.12. The molecule has 0 aromatic heterocycles. The fraction of sp³-hybridized carbons (Fsp3) is 0.333. The van der Waals surface area contributed by atoms with Crippen molar-refractivity contribution in [3.63, 3.8) is 0 Å². The van der Waals surface area contributed by atoms with E-state index in [0.29, 0.717) is 22.8 Å². The minimum atomic E-state index is -0.508. The molecule has 0 saturated carbocycles. The fourth-order valence-corrected chi connectivity index (χ4v) is 1.49. The van der Waals surface area contributed by atoms with Gasteiger partial charge in [-0.2, -0.15) is 5.26 Å². The zero-order valence-corrected chi connectivity index (χ0v) is 10.4. The number of nitrogens with one attached hydrogen (secondary N) is 1. The second kappa shape index (κ2) is 6.12. The Bertz CT molecular complexity index is 454. The molecule has 0 aliphatic heterocycles. The molecule has 1 unspecified atom stereocenters. The molecule has 4 nitrogen and oxygen atoms in total.